The van der Waals surface area contributed by atoms with Gasteiger partial charge in [0.05, 0.1) is 6.10 Å². The fraction of sp³-hybridized carbons (Fsp3) is 0.333. The summed E-state index contributed by atoms with van der Waals surface area (Å²) in [7, 11) is 0. The number of halogens is 1. The van der Waals surface area contributed by atoms with Crippen LogP contribution in [0.2, 0.25) is 0 Å². The Balaban J connectivity index is 2.49. The topological polar surface area (TPSA) is 38.7 Å². The quantitative estimate of drug-likeness (QED) is 0.805. The molecule has 0 aliphatic carbocycles. The van der Waals surface area contributed by atoms with Gasteiger partial charge in [-0.1, -0.05) is 0 Å². The van der Waals surface area contributed by atoms with Crippen LogP contribution >= 0.6 is 22.6 Å². The summed E-state index contributed by atoms with van der Waals surface area (Å²) in [5, 5.41) is 9.43. The van der Waals surface area contributed by atoms with Crippen molar-refractivity contribution < 1.29 is 14.6 Å². The molecule has 0 saturated heterocycles. The summed E-state index contributed by atoms with van der Waals surface area (Å²) < 4.78 is 11.4. The zero-order valence-electron chi connectivity index (χ0n) is 7.08. The van der Waals surface area contributed by atoms with Crippen LogP contribution in [0.4, 0.5) is 0 Å². The second-order valence-corrected chi connectivity index (χ2v) is 4.07. The molecule has 4 heteroatoms. The third-order valence-corrected chi connectivity index (χ3v) is 2.88. The average Bonchev–Trinajstić information content (AvgIpc) is 2.48. The van der Waals surface area contributed by atoms with E-state index >= 15 is 0 Å². The van der Waals surface area contributed by atoms with Crippen LogP contribution in [0, 0.1) is 3.57 Å². The molecule has 0 bridgehead atoms. The molecule has 0 aromatic heterocycles. The van der Waals surface area contributed by atoms with Crippen molar-refractivity contribution >= 4 is 22.6 Å². The van der Waals surface area contributed by atoms with Crippen molar-refractivity contribution in [2.75, 3.05) is 6.79 Å². The SMILES string of the molecule is C[C@@H](O)c1cc2c(cc1I)OCO2. The molecule has 0 unspecified atom stereocenters. The van der Waals surface area contributed by atoms with Crippen LogP contribution in [0.5, 0.6) is 11.5 Å². The van der Waals surface area contributed by atoms with E-state index in [2.05, 4.69) is 22.6 Å². The van der Waals surface area contributed by atoms with Gasteiger partial charge in [0.2, 0.25) is 6.79 Å². The smallest absolute Gasteiger partial charge is 0.231 e. The summed E-state index contributed by atoms with van der Waals surface area (Å²) in [6, 6.07) is 3.71. The molecule has 0 amide bonds. The van der Waals surface area contributed by atoms with E-state index in [-0.39, 0.29) is 6.79 Å². The van der Waals surface area contributed by atoms with E-state index in [1.54, 1.807) is 6.92 Å². The first-order valence-electron chi connectivity index (χ1n) is 3.95. The van der Waals surface area contributed by atoms with Crippen LogP contribution in [0.3, 0.4) is 0 Å². The van der Waals surface area contributed by atoms with E-state index in [0.29, 0.717) is 0 Å². The van der Waals surface area contributed by atoms with Crippen molar-refractivity contribution in [1.29, 1.82) is 0 Å². The molecule has 1 aliphatic heterocycles. The van der Waals surface area contributed by atoms with Gasteiger partial charge < -0.3 is 14.6 Å². The average molecular weight is 292 g/mol. The number of hydrogen-bond acceptors (Lipinski definition) is 3. The van der Waals surface area contributed by atoms with E-state index in [1.807, 2.05) is 12.1 Å². The lowest BCUT2D eigenvalue weighted by molar-refractivity contribution is 0.173. The van der Waals surface area contributed by atoms with E-state index in [1.165, 1.54) is 0 Å². The zero-order valence-corrected chi connectivity index (χ0v) is 9.24. The fourth-order valence-electron chi connectivity index (χ4n) is 1.25. The number of rotatable bonds is 1. The number of fused-ring (bicyclic) bond motifs is 1. The third-order valence-electron chi connectivity index (χ3n) is 1.94. The van der Waals surface area contributed by atoms with Gasteiger partial charge in [0.15, 0.2) is 11.5 Å². The van der Waals surface area contributed by atoms with Gasteiger partial charge in [0.25, 0.3) is 0 Å². The first-order valence-corrected chi connectivity index (χ1v) is 5.03. The maximum atomic E-state index is 9.43. The van der Waals surface area contributed by atoms with Gasteiger partial charge in [0, 0.05) is 3.57 Å². The van der Waals surface area contributed by atoms with Crippen LogP contribution in [0.15, 0.2) is 12.1 Å². The van der Waals surface area contributed by atoms with Gasteiger partial charge in [0.1, 0.15) is 0 Å². The lowest BCUT2D eigenvalue weighted by atomic mass is 10.1. The van der Waals surface area contributed by atoms with Crippen molar-refractivity contribution in [3.05, 3.63) is 21.3 Å². The van der Waals surface area contributed by atoms with E-state index in [9.17, 15) is 5.11 Å². The summed E-state index contributed by atoms with van der Waals surface area (Å²) in [4.78, 5) is 0. The molecule has 0 radical (unpaired) electrons. The molecule has 0 spiro atoms. The van der Waals surface area contributed by atoms with Crippen LogP contribution in [0.25, 0.3) is 0 Å². The molecule has 1 heterocycles. The summed E-state index contributed by atoms with van der Waals surface area (Å²) in [5.74, 6) is 1.48. The highest BCUT2D eigenvalue weighted by Gasteiger charge is 2.17. The maximum absolute atomic E-state index is 9.43. The van der Waals surface area contributed by atoms with Crippen LogP contribution in [-0.2, 0) is 0 Å². The standard InChI is InChI=1S/C9H9IO3/c1-5(11)6-2-8-9(3-7(6)10)13-4-12-8/h2-3,5,11H,4H2,1H3/t5-/m1/s1. The lowest BCUT2D eigenvalue weighted by Gasteiger charge is -2.08. The normalized spacial score (nSPS) is 15.9. The number of aliphatic hydroxyl groups is 1. The molecular formula is C9H9IO3. The number of benzene rings is 1. The molecule has 13 heavy (non-hydrogen) atoms. The molecule has 3 nitrogen and oxygen atoms in total. The number of aliphatic hydroxyl groups excluding tert-OH is 1. The summed E-state index contributed by atoms with van der Waals surface area (Å²) in [6.07, 6.45) is -0.471. The highest BCUT2D eigenvalue weighted by molar-refractivity contribution is 14.1. The molecule has 0 fully saturated rings. The minimum absolute atomic E-state index is 0.272. The maximum Gasteiger partial charge on any atom is 0.231 e. The lowest BCUT2D eigenvalue weighted by Crippen LogP contribution is -1.94. The first-order chi connectivity index (χ1) is 6.18. The monoisotopic (exact) mass is 292 g/mol. The highest BCUT2D eigenvalue weighted by Crippen LogP contribution is 2.37. The summed E-state index contributed by atoms with van der Waals surface area (Å²) >= 11 is 2.17. The Hall–Kier alpha value is -0.490. The molecule has 1 aromatic rings. The Morgan fingerprint density at radius 1 is 1.38 bits per heavy atom. The summed E-state index contributed by atoms with van der Waals surface area (Å²) in [5.41, 5.74) is 0.879. The minimum Gasteiger partial charge on any atom is -0.454 e. The van der Waals surface area contributed by atoms with Gasteiger partial charge in [-0.25, -0.2) is 0 Å². The predicted molar refractivity (Wildman–Crippen MR) is 55.9 cm³/mol. The second-order valence-electron chi connectivity index (χ2n) is 2.90. The Morgan fingerprint density at radius 3 is 2.62 bits per heavy atom. The molecule has 1 atom stereocenters. The summed E-state index contributed by atoms with van der Waals surface area (Å²) in [6.45, 7) is 2.01. The highest BCUT2D eigenvalue weighted by atomic mass is 127. The van der Waals surface area contributed by atoms with Crippen LogP contribution in [0.1, 0.15) is 18.6 Å². The largest absolute Gasteiger partial charge is 0.454 e. The third kappa shape index (κ3) is 1.60. The molecule has 1 aromatic carbocycles. The van der Waals surface area contributed by atoms with E-state index < -0.39 is 6.10 Å². The van der Waals surface area contributed by atoms with Crippen molar-refractivity contribution in [2.45, 2.75) is 13.0 Å². The van der Waals surface area contributed by atoms with Crippen molar-refractivity contribution in [1.82, 2.24) is 0 Å². The van der Waals surface area contributed by atoms with Crippen LogP contribution < -0.4 is 9.47 Å². The Bertz CT molecular complexity index is 336. The predicted octanol–water partition coefficient (Wildman–Crippen LogP) is 2.07. The molecule has 1 N–H and O–H groups in total. The number of hydrogen-bond donors (Lipinski definition) is 1. The van der Waals surface area contributed by atoms with Crippen LogP contribution in [-0.4, -0.2) is 11.9 Å². The fourth-order valence-corrected chi connectivity index (χ4v) is 2.14. The van der Waals surface area contributed by atoms with Gasteiger partial charge >= 0.3 is 0 Å². The van der Waals surface area contributed by atoms with E-state index in [4.69, 9.17) is 9.47 Å². The van der Waals surface area contributed by atoms with Crippen molar-refractivity contribution in [3.8, 4) is 11.5 Å². The van der Waals surface area contributed by atoms with Gasteiger partial charge in [-0.2, -0.15) is 0 Å². The molecule has 1 aliphatic rings. The first kappa shape index (κ1) is 9.08. The zero-order chi connectivity index (χ0) is 9.42. The molecular weight excluding hydrogens is 283 g/mol. The Morgan fingerprint density at radius 2 is 2.00 bits per heavy atom. The Kier molecular flexibility index (Phi) is 2.33. The van der Waals surface area contributed by atoms with Gasteiger partial charge in [-0.15, -0.1) is 0 Å². The molecule has 0 saturated carbocycles. The van der Waals surface area contributed by atoms with Crippen molar-refractivity contribution in [2.24, 2.45) is 0 Å². The minimum atomic E-state index is -0.471. The second kappa shape index (κ2) is 3.34. The van der Waals surface area contributed by atoms with Crippen molar-refractivity contribution in [3.63, 3.8) is 0 Å². The number of ether oxygens (including phenoxy) is 2. The Labute approximate surface area is 89.8 Å². The van der Waals surface area contributed by atoms with Gasteiger partial charge in [-0.3, -0.25) is 0 Å². The van der Waals surface area contributed by atoms with E-state index in [0.717, 1.165) is 20.6 Å². The molecule has 2 rings (SSSR count). The van der Waals surface area contributed by atoms with Gasteiger partial charge in [-0.05, 0) is 47.2 Å². The molecule has 70 valence electrons.